The fraction of sp³-hybridized carbons (Fsp3) is 0.304. The molecule has 31 heavy (non-hydrogen) atoms. The van der Waals surface area contributed by atoms with Crippen molar-refractivity contribution in [2.75, 3.05) is 18.5 Å². The Bertz CT molecular complexity index is 1290. The van der Waals surface area contributed by atoms with Crippen molar-refractivity contribution in [3.8, 4) is 0 Å². The Morgan fingerprint density at radius 2 is 2.00 bits per heavy atom. The van der Waals surface area contributed by atoms with Gasteiger partial charge in [-0.15, -0.1) is 0 Å². The normalized spacial score (nSPS) is 11.3. The fourth-order valence-electron chi connectivity index (χ4n) is 3.64. The minimum atomic E-state index is -0.336. The molecule has 4 rings (SSSR count). The molecule has 2 aromatic carbocycles. The Hall–Kier alpha value is -3.52. The van der Waals surface area contributed by atoms with E-state index in [4.69, 9.17) is 4.74 Å². The van der Waals surface area contributed by atoms with Gasteiger partial charge in [0.1, 0.15) is 6.54 Å². The Labute approximate surface area is 179 Å². The summed E-state index contributed by atoms with van der Waals surface area (Å²) < 4.78 is 8.72. The van der Waals surface area contributed by atoms with Gasteiger partial charge in [-0.05, 0) is 44.0 Å². The molecular formula is C23H25N5O3. The lowest BCUT2D eigenvalue weighted by atomic mass is 10.1. The molecular weight excluding hydrogens is 394 g/mol. The average Bonchev–Trinajstić information content (AvgIpc) is 3.10. The summed E-state index contributed by atoms with van der Waals surface area (Å²) in [5.74, 6) is 0.123. The number of carbonyl (C=O) groups excluding carboxylic acids is 1. The third kappa shape index (κ3) is 4.34. The van der Waals surface area contributed by atoms with Gasteiger partial charge in [0.2, 0.25) is 11.9 Å². The topological polar surface area (TPSA) is 91.0 Å². The molecule has 0 aliphatic rings. The summed E-state index contributed by atoms with van der Waals surface area (Å²) in [7, 11) is 0. The van der Waals surface area contributed by atoms with Gasteiger partial charge in [0.25, 0.3) is 5.56 Å². The van der Waals surface area contributed by atoms with Crippen LogP contribution in [0.15, 0.2) is 53.6 Å². The smallest absolute Gasteiger partial charge is 0.261 e. The summed E-state index contributed by atoms with van der Waals surface area (Å²) in [6.45, 7) is 5.69. The summed E-state index contributed by atoms with van der Waals surface area (Å²) >= 11 is 0. The van der Waals surface area contributed by atoms with Gasteiger partial charge in [0.15, 0.2) is 0 Å². The minimum absolute atomic E-state index is 0.141. The van der Waals surface area contributed by atoms with Crippen molar-refractivity contribution in [3.63, 3.8) is 0 Å². The monoisotopic (exact) mass is 419 g/mol. The van der Waals surface area contributed by atoms with E-state index in [0.29, 0.717) is 36.6 Å². The second-order valence-corrected chi connectivity index (χ2v) is 7.32. The molecule has 8 nitrogen and oxygen atoms in total. The molecule has 0 unspecified atom stereocenters. The zero-order valence-corrected chi connectivity index (χ0v) is 17.7. The summed E-state index contributed by atoms with van der Waals surface area (Å²) in [5.41, 5.74) is 3.07. The van der Waals surface area contributed by atoms with Crippen LogP contribution in [0.25, 0.3) is 21.9 Å². The molecule has 2 heterocycles. The van der Waals surface area contributed by atoms with Crippen molar-refractivity contribution in [2.45, 2.75) is 33.4 Å². The SMILES string of the molecule is CCOCCCn1c(NC(=O)Cn2cnc3c(C)cccc3c2=O)nc2ccccc21. The highest BCUT2D eigenvalue weighted by Gasteiger charge is 2.15. The number of imidazole rings is 1. The molecule has 1 amide bonds. The second-order valence-electron chi connectivity index (χ2n) is 7.32. The molecule has 0 aliphatic carbocycles. The van der Waals surface area contributed by atoms with Crippen molar-refractivity contribution < 1.29 is 9.53 Å². The van der Waals surface area contributed by atoms with E-state index >= 15 is 0 Å². The number of rotatable bonds is 8. The Morgan fingerprint density at radius 1 is 1.16 bits per heavy atom. The summed E-state index contributed by atoms with van der Waals surface area (Å²) in [6, 6.07) is 13.2. The van der Waals surface area contributed by atoms with Crippen LogP contribution in [0.4, 0.5) is 5.95 Å². The maximum atomic E-state index is 12.8. The van der Waals surface area contributed by atoms with E-state index in [-0.39, 0.29) is 18.0 Å². The molecule has 4 aromatic rings. The van der Waals surface area contributed by atoms with Gasteiger partial charge in [0, 0.05) is 19.8 Å². The number of para-hydroxylation sites is 3. The number of aromatic nitrogens is 4. The molecule has 0 atom stereocenters. The van der Waals surface area contributed by atoms with Gasteiger partial charge in [-0.2, -0.15) is 0 Å². The van der Waals surface area contributed by atoms with Gasteiger partial charge in [0.05, 0.1) is 28.3 Å². The first-order valence-corrected chi connectivity index (χ1v) is 10.4. The molecule has 8 heteroatoms. The van der Waals surface area contributed by atoms with Crippen LogP contribution in [0, 0.1) is 6.92 Å². The predicted molar refractivity (Wildman–Crippen MR) is 120 cm³/mol. The zero-order chi connectivity index (χ0) is 21.8. The number of hydrogen-bond donors (Lipinski definition) is 1. The molecule has 0 bridgehead atoms. The van der Waals surface area contributed by atoms with E-state index in [2.05, 4.69) is 15.3 Å². The number of amides is 1. The number of ether oxygens (including phenoxy) is 1. The van der Waals surface area contributed by atoms with Crippen LogP contribution in [0.5, 0.6) is 0 Å². The van der Waals surface area contributed by atoms with Crippen LogP contribution in [0.3, 0.4) is 0 Å². The van der Waals surface area contributed by atoms with Crippen LogP contribution in [-0.2, 0) is 22.6 Å². The zero-order valence-electron chi connectivity index (χ0n) is 17.7. The lowest BCUT2D eigenvalue weighted by molar-refractivity contribution is -0.116. The van der Waals surface area contributed by atoms with Crippen LogP contribution in [0.1, 0.15) is 18.9 Å². The van der Waals surface area contributed by atoms with Crippen molar-refractivity contribution in [1.29, 1.82) is 0 Å². The standard InChI is InChI=1S/C23H25N5O3/c1-3-31-13-7-12-28-19-11-5-4-10-18(19)25-23(28)26-20(29)14-27-15-24-21-16(2)8-6-9-17(21)22(27)30/h4-6,8-11,15H,3,7,12-14H2,1-2H3,(H,25,26,29). The maximum Gasteiger partial charge on any atom is 0.261 e. The van der Waals surface area contributed by atoms with Gasteiger partial charge >= 0.3 is 0 Å². The number of fused-ring (bicyclic) bond motifs is 2. The first-order chi connectivity index (χ1) is 15.1. The quantitative estimate of drug-likeness (QED) is 0.443. The molecule has 0 saturated heterocycles. The van der Waals surface area contributed by atoms with Gasteiger partial charge in [-0.3, -0.25) is 19.5 Å². The van der Waals surface area contributed by atoms with Crippen LogP contribution in [-0.4, -0.2) is 38.2 Å². The van der Waals surface area contributed by atoms with E-state index in [0.717, 1.165) is 23.0 Å². The number of nitrogens with zero attached hydrogens (tertiary/aromatic N) is 4. The van der Waals surface area contributed by atoms with Crippen molar-refractivity contribution >= 4 is 33.8 Å². The van der Waals surface area contributed by atoms with E-state index < -0.39 is 0 Å². The molecule has 0 saturated carbocycles. The van der Waals surface area contributed by atoms with E-state index in [9.17, 15) is 9.59 Å². The summed E-state index contributed by atoms with van der Waals surface area (Å²) in [6.07, 6.45) is 2.22. The predicted octanol–water partition coefficient (Wildman–Crippen LogP) is 3.12. The van der Waals surface area contributed by atoms with E-state index in [1.165, 1.54) is 10.9 Å². The average molecular weight is 419 g/mol. The van der Waals surface area contributed by atoms with Crippen LogP contribution < -0.4 is 10.9 Å². The van der Waals surface area contributed by atoms with Crippen LogP contribution >= 0.6 is 0 Å². The van der Waals surface area contributed by atoms with Crippen molar-refractivity contribution in [2.24, 2.45) is 0 Å². The molecule has 0 aliphatic heterocycles. The highest BCUT2D eigenvalue weighted by Crippen LogP contribution is 2.20. The minimum Gasteiger partial charge on any atom is -0.382 e. The highest BCUT2D eigenvalue weighted by molar-refractivity contribution is 5.91. The third-order valence-electron chi connectivity index (χ3n) is 5.15. The third-order valence-corrected chi connectivity index (χ3v) is 5.15. The van der Waals surface area contributed by atoms with Gasteiger partial charge < -0.3 is 9.30 Å². The van der Waals surface area contributed by atoms with Crippen molar-refractivity contribution in [1.82, 2.24) is 19.1 Å². The lowest BCUT2D eigenvalue weighted by Crippen LogP contribution is -2.28. The Balaban J connectivity index is 1.57. The number of aryl methyl sites for hydroxylation is 2. The largest absolute Gasteiger partial charge is 0.382 e. The number of carbonyl (C=O) groups is 1. The number of nitrogens with one attached hydrogen (secondary N) is 1. The Kier molecular flexibility index (Phi) is 6.08. The molecule has 2 aromatic heterocycles. The maximum absolute atomic E-state index is 12.8. The molecule has 1 N–H and O–H groups in total. The lowest BCUT2D eigenvalue weighted by Gasteiger charge is -2.11. The Morgan fingerprint density at radius 3 is 2.84 bits per heavy atom. The molecule has 0 fully saturated rings. The number of benzene rings is 2. The first-order valence-electron chi connectivity index (χ1n) is 10.4. The molecule has 0 spiro atoms. The molecule has 160 valence electrons. The van der Waals surface area contributed by atoms with Crippen molar-refractivity contribution in [3.05, 3.63) is 64.7 Å². The fourth-order valence-corrected chi connectivity index (χ4v) is 3.64. The van der Waals surface area contributed by atoms with Gasteiger partial charge in [-0.1, -0.05) is 24.3 Å². The second kappa shape index (κ2) is 9.09. The highest BCUT2D eigenvalue weighted by atomic mass is 16.5. The van der Waals surface area contributed by atoms with Gasteiger partial charge in [-0.25, -0.2) is 9.97 Å². The summed E-state index contributed by atoms with van der Waals surface area (Å²) in [4.78, 5) is 34.5. The first kappa shape index (κ1) is 20.7. The number of hydrogen-bond acceptors (Lipinski definition) is 5. The number of anilines is 1. The summed E-state index contributed by atoms with van der Waals surface area (Å²) in [5, 5.41) is 3.36. The van der Waals surface area contributed by atoms with E-state index in [1.807, 2.05) is 54.8 Å². The molecule has 0 radical (unpaired) electrons. The van der Waals surface area contributed by atoms with E-state index in [1.54, 1.807) is 6.07 Å². The van der Waals surface area contributed by atoms with Crippen LogP contribution in [0.2, 0.25) is 0 Å².